The standard InChI is InChI=1S/C17H23N3S/c1-12(13-10-17-16(18-11-13)6-9-21-17)19-14-4-7-20(8-5-14)15-2-3-15/h6,9-12,14-15,19H,2-5,7-8H2,1H3. The molecule has 1 saturated carbocycles. The molecule has 0 amide bonds. The molecule has 4 rings (SSSR count). The Morgan fingerprint density at radius 2 is 2.10 bits per heavy atom. The fraction of sp³-hybridized carbons (Fsp3) is 0.588. The third-order valence-electron chi connectivity index (χ3n) is 4.90. The maximum atomic E-state index is 4.56. The van der Waals surface area contributed by atoms with Crippen molar-refractivity contribution in [1.82, 2.24) is 15.2 Å². The molecule has 2 fully saturated rings. The molecule has 1 N–H and O–H groups in total. The Morgan fingerprint density at radius 1 is 1.29 bits per heavy atom. The second-order valence-electron chi connectivity index (χ2n) is 6.50. The fourth-order valence-corrected chi connectivity index (χ4v) is 4.21. The topological polar surface area (TPSA) is 28.2 Å². The van der Waals surface area contributed by atoms with Gasteiger partial charge in [0.1, 0.15) is 0 Å². The fourth-order valence-electron chi connectivity index (χ4n) is 3.42. The van der Waals surface area contributed by atoms with E-state index in [0.29, 0.717) is 12.1 Å². The molecular weight excluding hydrogens is 278 g/mol. The zero-order valence-corrected chi connectivity index (χ0v) is 13.4. The van der Waals surface area contributed by atoms with E-state index in [2.05, 4.69) is 39.6 Å². The van der Waals surface area contributed by atoms with Crippen LogP contribution in [0.4, 0.5) is 0 Å². The van der Waals surface area contributed by atoms with Crippen LogP contribution < -0.4 is 5.32 Å². The molecule has 0 aromatic carbocycles. The monoisotopic (exact) mass is 301 g/mol. The normalized spacial score (nSPS) is 22.7. The number of aromatic nitrogens is 1. The third kappa shape index (κ3) is 2.98. The van der Waals surface area contributed by atoms with Crippen molar-refractivity contribution in [3.05, 3.63) is 29.3 Å². The lowest BCUT2D eigenvalue weighted by molar-refractivity contribution is 0.184. The molecule has 1 unspecified atom stereocenters. The van der Waals surface area contributed by atoms with Crippen molar-refractivity contribution in [2.75, 3.05) is 13.1 Å². The highest BCUT2D eigenvalue weighted by atomic mass is 32.1. The van der Waals surface area contributed by atoms with Gasteiger partial charge in [-0.1, -0.05) is 0 Å². The van der Waals surface area contributed by atoms with Crippen LogP contribution in [0.5, 0.6) is 0 Å². The maximum absolute atomic E-state index is 4.56. The summed E-state index contributed by atoms with van der Waals surface area (Å²) in [5.41, 5.74) is 2.43. The van der Waals surface area contributed by atoms with Gasteiger partial charge in [-0.2, -0.15) is 0 Å². The summed E-state index contributed by atoms with van der Waals surface area (Å²) >= 11 is 1.78. The molecule has 1 aliphatic carbocycles. The van der Waals surface area contributed by atoms with E-state index in [9.17, 15) is 0 Å². The first kappa shape index (κ1) is 13.7. The van der Waals surface area contributed by atoms with E-state index in [-0.39, 0.29) is 0 Å². The predicted octanol–water partition coefficient (Wildman–Crippen LogP) is 3.57. The minimum absolute atomic E-state index is 0.390. The number of thiophene rings is 1. The van der Waals surface area contributed by atoms with Crippen LogP contribution in [-0.2, 0) is 0 Å². The summed E-state index contributed by atoms with van der Waals surface area (Å²) in [6.07, 6.45) is 7.47. The Labute approximate surface area is 130 Å². The van der Waals surface area contributed by atoms with Gasteiger partial charge in [0.25, 0.3) is 0 Å². The number of piperidine rings is 1. The highest BCUT2D eigenvalue weighted by Crippen LogP contribution is 2.30. The smallest absolute Gasteiger partial charge is 0.0809 e. The average Bonchev–Trinajstić information content (AvgIpc) is 3.25. The molecule has 3 nitrogen and oxygen atoms in total. The molecule has 2 aliphatic rings. The van der Waals surface area contributed by atoms with Gasteiger partial charge in [-0.3, -0.25) is 4.98 Å². The van der Waals surface area contributed by atoms with Crippen molar-refractivity contribution < 1.29 is 0 Å². The number of likely N-dealkylation sites (tertiary alicyclic amines) is 1. The summed E-state index contributed by atoms with van der Waals surface area (Å²) in [6.45, 7) is 4.82. The van der Waals surface area contributed by atoms with Crippen molar-refractivity contribution in [2.45, 2.75) is 50.7 Å². The highest BCUT2D eigenvalue weighted by Gasteiger charge is 2.31. The Bertz CT molecular complexity index is 611. The number of pyridine rings is 1. The van der Waals surface area contributed by atoms with Gasteiger partial charge < -0.3 is 10.2 Å². The van der Waals surface area contributed by atoms with Gasteiger partial charge >= 0.3 is 0 Å². The summed E-state index contributed by atoms with van der Waals surface area (Å²) in [5.74, 6) is 0. The lowest BCUT2D eigenvalue weighted by Crippen LogP contribution is -2.44. The predicted molar refractivity (Wildman–Crippen MR) is 88.8 cm³/mol. The summed E-state index contributed by atoms with van der Waals surface area (Å²) in [7, 11) is 0. The van der Waals surface area contributed by atoms with Gasteiger partial charge in [0.05, 0.1) is 10.2 Å². The SMILES string of the molecule is CC(NC1CCN(C2CC2)CC1)c1cnc2ccsc2c1. The Balaban J connectivity index is 1.37. The van der Waals surface area contributed by atoms with Crippen LogP contribution in [0.15, 0.2) is 23.7 Å². The second kappa shape index (κ2) is 5.67. The third-order valence-corrected chi connectivity index (χ3v) is 5.76. The van der Waals surface area contributed by atoms with Crippen molar-refractivity contribution >= 4 is 21.6 Å². The molecule has 1 saturated heterocycles. The van der Waals surface area contributed by atoms with Crippen LogP contribution in [0.1, 0.15) is 44.2 Å². The number of rotatable bonds is 4. The van der Waals surface area contributed by atoms with Gasteiger partial charge in [0.15, 0.2) is 0 Å². The van der Waals surface area contributed by atoms with E-state index in [4.69, 9.17) is 0 Å². The summed E-state index contributed by atoms with van der Waals surface area (Å²) in [4.78, 5) is 7.24. The van der Waals surface area contributed by atoms with Crippen LogP contribution in [-0.4, -0.2) is 35.1 Å². The Kier molecular flexibility index (Phi) is 3.69. The van der Waals surface area contributed by atoms with Gasteiger partial charge in [-0.25, -0.2) is 0 Å². The van der Waals surface area contributed by atoms with Crippen molar-refractivity contribution in [3.63, 3.8) is 0 Å². The maximum Gasteiger partial charge on any atom is 0.0809 e. The quantitative estimate of drug-likeness (QED) is 0.935. The van der Waals surface area contributed by atoms with Crippen molar-refractivity contribution in [2.24, 2.45) is 0 Å². The Hall–Kier alpha value is -0.970. The molecular formula is C17H23N3S. The largest absolute Gasteiger partial charge is 0.307 e. The lowest BCUT2D eigenvalue weighted by atomic mass is 10.0. The molecule has 0 spiro atoms. The molecule has 1 aliphatic heterocycles. The first-order chi connectivity index (χ1) is 10.3. The van der Waals surface area contributed by atoms with Gasteiger partial charge in [-0.15, -0.1) is 11.3 Å². The number of hydrogen-bond acceptors (Lipinski definition) is 4. The van der Waals surface area contributed by atoms with Crippen LogP contribution in [0.2, 0.25) is 0 Å². The van der Waals surface area contributed by atoms with Crippen LogP contribution in [0, 0.1) is 0 Å². The molecule has 3 heterocycles. The molecule has 21 heavy (non-hydrogen) atoms. The van der Waals surface area contributed by atoms with E-state index in [0.717, 1.165) is 11.6 Å². The van der Waals surface area contributed by atoms with E-state index in [1.165, 1.54) is 49.0 Å². The zero-order chi connectivity index (χ0) is 14.2. The minimum atomic E-state index is 0.390. The minimum Gasteiger partial charge on any atom is -0.307 e. The van der Waals surface area contributed by atoms with E-state index in [1.807, 2.05) is 6.20 Å². The first-order valence-electron chi connectivity index (χ1n) is 8.13. The van der Waals surface area contributed by atoms with Gasteiger partial charge in [-0.05, 0) is 68.8 Å². The average molecular weight is 301 g/mol. The van der Waals surface area contributed by atoms with Crippen molar-refractivity contribution in [1.29, 1.82) is 0 Å². The summed E-state index contributed by atoms with van der Waals surface area (Å²) < 4.78 is 1.30. The van der Waals surface area contributed by atoms with Crippen molar-refractivity contribution in [3.8, 4) is 0 Å². The highest BCUT2D eigenvalue weighted by molar-refractivity contribution is 7.17. The zero-order valence-electron chi connectivity index (χ0n) is 12.6. The van der Waals surface area contributed by atoms with Crippen LogP contribution in [0.25, 0.3) is 10.2 Å². The van der Waals surface area contributed by atoms with E-state index < -0.39 is 0 Å². The van der Waals surface area contributed by atoms with Crippen LogP contribution >= 0.6 is 11.3 Å². The second-order valence-corrected chi connectivity index (χ2v) is 7.45. The molecule has 112 valence electrons. The first-order valence-corrected chi connectivity index (χ1v) is 9.01. The van der Waals surface area contributed by atoms with Gasteiger partial charge in [0.2, 0.25) is 0 Å². The lowest BCUT2D eigenvalue weighted by Gasteiger charge is -2.34. The van der Waals surface area contributed by atoms with Crippen LogP contribution in [0.3, 0.4) is 0 Å². The summed E-state index contributed by atoms with van der Waals surface area (Å²) in [5, 5.41) is 5.93. The van der Waals surface area contributed by atoms with Gasteiger partial charge in [0, 0.05) is 24.3 Å². The number of nitrogens with zero attached hydrogens (tertiary/aromatic N) is 2. The Morgan fingerprint density at radius 3 is 2.86 bits per heavy atom. The molecule has 0 bridgehead atoms. The molecule has 0 radical (unpaired) electrons. The molecule has 2 aromatic heterocycles. The van der Waals surface area contributed by atoms with E-state index in [1.54, 1.807) is 11.3 Å². The summed E-state index contributed by atoms with van der Waals surface area (Å²) in [6, 6.07) is 6.36. The molecule has 2 aromatic rings. The number of nitrogens with one attached hydrogen (secondary N) is 1. The molecule has 1 atom stereocenters. The number of fused-ring (bicyclic) bond motifs is 1. The number of hydrogen-bond donors (Lipinski definition) is 1. The van der Waals surface area contributed by atoms with E-state index >= 15 is 0 Å². The molecule has 4 heteroatoms.